The molecule has 0 aliphatic heterocycles. The summed E-state index contributed by atoms with van der Waals surface area (Å²) in [6, 6.07) is -0.626. The van der Waals surface area contributed by atoms with Crippen molar-refractivity contribution >= 4 is 18.1 Å². The predicted octanol–water partition coefficient (Wildman–Crippen LogP) is -4.11. The molecule has 0 saturated carbocycles. The van der Waals surface area contributed by atoms with Gasteiger partial charge in [-0.1, -0.05) is 0 Å². The van der Waals surface area contributed by atoms with Gasteiger partial charge in [0.2, 0.25) is 0 Å². The van der Waals surface area contributed by atoms with E-state index < -0.39 is 6.03 Å². The van der Waals surface area contributed by atoms with Crippen molar-refractivity contribution in [2.45, 2.75) is 0 Å². The Labute approximate surface area is 102 Å². The van der Waals surface area contributed by atoms with Gasteiger partial charge in [0.1, 0.15) is 0 Å². The summed E-state index contributed by atoms with van der Waals surface area (Å²) in [5.74, 6) is 0.349. The molecule has 0 aromatic carbocycles. The summed E-state index contributed by atoms with van der Waals surface area (Å²) < 4.78 is 3.91. The van der Waals surface area contributed by atoms with Crippen molar-refractivity contribution in [1.82, 2.24) is 10.4 Å². The first-order valence-electron chi connectivity index (χ1n) is 2.97. The van der Waals surface area contributed by atoms with E-state index in [9.17, 15) is 10.1 Å². The minimum Gasteiger partial charge on any atom is -0.691 e. The van der Waals surface area contributed by atoms with Gasteiger partial charge in [-0.15, -0.1) is 0 Å². The maximum atomic E-state index is 10.6. The minimum atomic E-state index is -0.626. The van der Waals surface area contributed by atoms with Gasteiger partial charge in [0.15, 0.2) is 0 Å². The normalized spacial score (nSPS) is 8.85. The van der Waals surface area contributed by atoms with E-state index in [1.807, 2.05) is 0 Å². The van der Waals surface area contributed by atoms with Crippen LogP contribution in [0.3, 0.4) is 0 Å². The fourth-order valence-corrected chi connectivity index (χ4v) is 0.660. The number of urea groups is 1. The third kappa shape index (κ3) is 10.4. The average Bonchev–Trinajstić information content (AvgIpc) is 2.03. The summed E-state index contributed by atoms with van der Waals surface area (Å²) in [6.07, 6.45) is 0. The van der Waals surface area contributed by atoms with E-state index in [0.717, 1.165) is 12.0 Å². The summed E-state index contributed by atoms with van der Waals surface area (Å²) >= 11 is 0.757. The number of hydroxylamine groups is 2. The van der Waals surface area contributed by atoms with Crippen molar-refractivity contribution in [3.05, 3.63) is 0 Å². The fourth-order valence-electron chi connectivity index (χ4n) is 0.368. The summed E-state index contributed by atoms with van der Waals surface area (Å²) in [5, 5.41) is 23.6. The Morgan fingerprint density at radius 1 is 1.77 bits per heavy atom. The Bertz CT molecular complexity index is 138. The van der Waals surface area contributed by atoms with Gasteiger partial charge >= 0.3 is 35.6 Å². The zero-order chi connectivity index (χ0) is 9.40. The second kappa shape index (κ2) is 10.5. The Morgan fingerprint density at radius 2 is 2.38 bits per heavy atom. The molecule has 7 nitrogen and oxygen atoms in total. The average molecular weight is 220 g/mol. The number of carbonyl (C=O) groups is 1. The van der Waals surface area contributed by atoms with Crippen LogP contribution in [0.25, 0.3) is 0 Å². The van der Waals surface area contributed by atoms with Crippen molar-refractivity contribution < 1.29 is 54.2 Å². The zero-order valence-electron chi connectivity index (χ0n) is 7.35. The molecule has 9 heteroatoms. The van der Waals surface area contributed by atoms with Gasteiger partial charge < -0.3 is 10.6 Å². The van der Waals surface area contributed by atoms with Crippen molar-refractivity contribution in [2.24, 2.45) is 0 Å². The number of rotatable bonds is 5. The van der Waals surface area contributed by atoms with E-state index >= 15 is 0 Å². The number of amides is 2. The summed E-state index contributed by atoms with van der Waals surface area (Å²) in [4.78, 5) is 10.6. The molecule has 0 radical (unpaired) electrons. The van der Waals surface area contributed by atoms with E-state index in [1.165, 1.54) is 7.05 Å². The molecule has 0 atom stereocenters. The van der Waals surface area contributed by atoms with Crippen molar-refractivity contribution in [2.75, 3.05) is 19.3 Å². The van der Waals surface area contributed by atoms with Crippen LogP contribution in [-0.4, -0.2) is 35.6 Å². The zero-order valence-corrected chi connectivity index (χ0v) is 10.2. The molecular formula is C4H9N2NaO5S. The quantitative estimate of drug-likeness (QED) is 0.122. The van der Waals surface area contributed by atoms with E-state index in [1.54, 1.807) is 0 Å². The van der Waals surface area contributed by atoms with E-state index in [-0.39, 0.29) is 36.1 Å². The standard InChI is InChI=1S/C4H10N2O5S.Na/c1-6(8)4(7)5-2-3-12-11-10-9;/h8-9H,2-3H2,1H3,(H,5,7);/q;+1/p-1. The third-order valence-corrected chi connectivity index (χ3v) is 1.35. The number of hydrogen-bond donors (Lipinski definition) is 2. The summed E-state index contributed by atoms with van der Waals surface area (Å²) in [6.45, 7) is 0.262. The maximum absolute atomic E-state index is 10.6. The molecule has 0 aromatic rings. The third-order valence-electron chi connectivity index (χ3n) is 0.831. The Morgan fingerprint density at radius 3 is 2.85 bits per heavy atom. The molecule has 13 heavy (non-hydrogen) atoms. The van der Waals surface area contributed by atoms with Gasteiger partial charge in [0.05, 0.1) is 0 Å². The molecule has 2 N–H and O–H groups in total. The van der Waals surface area contributed by atoms with Crippen molar-refractivity contribution in [1.29, 1.82) is 0 Å². The van der Waals surface area contributed by atoms with Crippen LogP contribution in [0.15, 0.2) is 0 Å². The first kappa shape index (κ1) is 15.9. The molecule has 0 saturated heterocycles. The van der Waals surface area contributed by atoms with Crippen LogP contribution in [0.1, 0.15) is 0 Å². The molecule has 72 valence electrons. The monoisotopic (exact) mass is 220 g/mol. The second-order valence-corrected chi connectivity index (χ2v) is 2.49. The summed E-state index contributed by atoms with van der Waals surface area (Å²) in [5.41, 5.74) is 0. The number of hydrogen-bond acceptors (Lipinski definition) is 6. The minimum absolute atomic E-state index is 0. The SMILES string of the molecule is CN(O)C(=O)NCCSOO[O-].[Na+]. The van der Waals surface area contributed by atoms with Gasteiger partial charge in [0.25, 0.3) is 0 Å². The molecular weight excluding hydrogens is 211 g/mol. The van der Waals surface area contributed by atoms with Gasteiger partial charge in [-0.2, -0.15) is 4.33 Å². The fraction of sp³-hybridized carbons (Fsp3) is 0.750. The Hall–Kier alpha value is 0.460. The van der Waals surface area contributed by atoms with Gasteiger partial charge in [-0.25, -0.2) is 9.86 Å². The van der Waals surface area contributed by atoms with E-state index in [2.05, 4.69) is 14.7 Å². The van der Waals surface area contributed by atoms with E-state index in [4.69, 9.17) is 5.21 Å². The number of nitrogens with one attached hydrogen (secondary N) is 1. The number of carbonyl (C=O) groups excluding carboxylic acids is 1. The van der Waals surface area contributed by atoms with Gasteiger partial charge in [-0.3, -0.25) is 10.2 Å². The topological polar surface area (TPSA) is 94.1 Å². The first-order valence-corrected chi connectivity index (χ1v) is 3.88. The Kier molecular flexibility index (Phi) is 12.9. The molecule has 0 aromatic heterocycles. The molecule has 0 bridgehead atoms. The predicted molar refractivity (Wildman–Crippen MR) is 37.6 cm³/mol. The molecule has 0 spiro atoms. The molecule has 0 rings (SSSR count). The summed E-state index contributed by atoms with van der Waals surface area (Å²) in [7, 11) is 1.19. The molecule has 0 fully saturated rings. The number of nitrogens with zero attached hydrogens (tertiary/aromatic N) is 1. The Balaban J connectivity index is 0. The van der Waals surface area contributed by atoms with Crippen LogP contribution in [0.5, 0.6) is 0 Å². The molecule has 0 aliphatic rings. The van der Waals surface area contributed by atoms with Crippen LogP contribution in [0.2, 0.25) is 0 Å². The second-order valence-electron chi connectivity index (χ2n) is 1.71. The van der Waals surface area contributed by atoms with Crippen molar-refractivity contribution in [3.8, 4) is 0 Å². The van der Waals surface area contributed by atoms with Crippen LogP contribution in [0, 0.1) is 0 Å². The maximum Gasteiger partial charge on any atom is 1.00 e. The van der Waals surface area contributed by atoms with E-state index in [0.29, 0.717) is 10.8 Å². The van der Waals surface area contributed by atoms with Crippen molar-refractivity contribution in [3.63, 3.8) is 0 Å². The molecule has 2 amide bonds. The molecule has 0 aliphatic carbocycles. The van der Waals surface area contributed by atoms with Crippen LogP contribution in [0.4, 0.5) is 4.79 Å². The van der Waals surface area contributed by atoms with Crippen LogP contribution >= 0.6 is 12.0 Å². The largest absolute Gasteiger partial charge is 1.00 e. The van der Waals surface area contributed by atoms with Crippen LogP contribution in [-0.2, 0) is 9.37 Å². The smallest absolute Gasteiger partial charge is 0.691 e. The molecule has 0 heterocycles. The van der Waals surface area contributed by atoms with Gasteiger partial charge in [-0.05, 0) is 0 Å². The molecule has 0 unspecified atom stereocenters. The first-order chi connectivity index (χ1) is 5.68. The van der Waals surface area contributed by atoms with Gasteiger partial charge in [0, 0.05) is 31.4 Å². The van der Waals surface area contributed by atoms with Crippen LogP contribution < -0.4 is 40.1 Å².